The zero-order valence-corrected chi connectivity index (χ0v) is 9.80. The van der Waals surface area contributed by atoms with E-state index in [0.29, 0.717) is 0 Å². The molecule has 2 aromatic rings. The summed E-state index contributed by atoms with van der Waals surface area (Å²) in [5, 5.41) is 2.44. The summed E-state index contributed by atoms with van der Waals surface area (Å²) in [5.74, 6) is 1.12. The number of rotatable bonds is 3. The van der Waals surface area contributed by atoms with Gasteiger partial charge in [0.05, 0.1) is 6.26 Å². The molecule has 0 bridgehead atoms. The Bertz CT molecular complexity index is 431. The predicted molar refractivity (Wildman–Crippen MR) is 62.5 cm³/mol. The fourth-order valence-corrected chi connectivity index (χ4v) is 1.99. The molecule has 0 aliphatic heterocycles. The quantitative estimate of drug-likeness (QED) is 0.782. The fraction of sp³-hybridized carbons (Fsp3) is 0.333. The van der Waals surface area contributed by atoms with Crippen molar-refractivity contribution in [3.63, 3.8) is 0 Å². The molecule has 0 aliphatic rings. The van der Waals surface area contributed by atoms with Crippen LogP contribution in [0.1, 0.15) is 25.5 Å². The lowest BCUT2D eigenvalue weighted by molar-refractivity contribution is 0.506. The van der Waals surface area contributed by atoms with Crippen LogP contribution < -0.4 is 0 Å². The summed E-state index contributed by atoms with van der Waals surface area (Å²) >= 11 is 3.45. The van der Waals surface area contributed by atoms with Crippen LogP contribution in [0.2, 0.25) is 0 Å². The molecule has 0 unspecified atom stereocenters. The van der Waals surface area contributed by atoms with Gasteiger partial charge in [-0.15, -0.1) is 0 Å². The van der Waals surface area contributed by atoms with E-state index < -0.39 is 0 Å². The zero-order valence-electron chi connectivity index (χ0n) is 8.22. The Balaban J connectivity index is 2.37. The van der Waals surface area contributed by atoms with Gasteiger partial charge in [-0.1, -0.05) is 29.3 Å². The Morgan fingerprint density at radius 1 is 1.36 bits per heavy atom. The number of aryl methyl sites for hydroxylation is 1. The smallest absolute Gasteiger partial charge is 0.111 e. The molecule has 0 amide bonds. The van der Waals surface area contributed by atoms with Crippen molar-refractivity contribution in [2.45, 2.75) is 26.2 Å². The van der Waals surface area contributed by atoms with Crippen molar-refractivity contribution in [3.05, 3.63) is 34.7 Å². The van der Waals surface area contributed by atoms with E-state index in [2.05, 4.69) is 41.1 Å². The van der Waals surface area contributed by atoms with E-state index in [-0.39, 0.29) is 0 Å². The monoisotopic (exact) mass is 252 g/mol. The number of halogens is 1. The van der Waals surface area contributed by atoms with Crippen molar-refractivity contribution < 1.29 is 4.42 Å². The number of benzene rings is 1. The van der Waals surface area contributed by atoms with E-state index in [9.17, 15) is 0 Å². The van der Waals surface area contributed by atoms with Crippen LogP contribution in [0.25, 0.3) is 10.8 Å². The van der Waals surface area contributed by atoms with E-state index >= 15 is 0 Å². The molecule has 0 saturated heterocycles. The number of hydrogen-bond acceptors (Lipinski definition) is 1. The molecule has 1 heterocycles. The molecule has 2 heteroatoms. The lowest BCUT2D eigenvalue weighted by atomic mass is 10.1. The van der Waals surface area contributed by atoms with Gasteiger partial charge in [-0.2, -0.15) is 0 Å². The molecule has 0 fully saturated rings. The highest BCUT2D eigenvalue weighted by Crippen LogP contribution is 2.25. The van der Waals surface area contributed by atoms with E-state index in [4.69, 9.17) is 4.42 Å². The van der Waals surface area contributed by atoms with Gasteiger partial charge in [-0.25, -0.2) is 0 Å². The molecule has 0 saturated carbocycles. The maximum absolute atomic E-state index is 5.55. The average molecular weight is 253 g/mol. The van der Waals surface area contributed by atoms with Gasteiger partial charge in [-0.3, -0.25) is 0 Å². The van der Waals surface area contributed by atoms with Crippen LogP contribution >= 0.6 is 15.9 Å². The first-order chi connectivity index (χ1) is 6.81. The molecule has 0 spiro atoms. The first-order valence-electron chi connectivity index (χ1n) is 4.97. The number of fused-ring (bicyclic) bond motifs is 1. The third kappa shape index (κ3) is 1.85. The minimum atomic E-state index is 1.04. The lowest BCUT2D eigenvalue weighted by Gasteiger charge is -1.95. The van der Waals surface area contributed by atoms with Gasteiger partial charge in [0.25, 0.3) is 0 Å². The molecule has 0 aliphatic carbocycles. The first-order valence-corrected chi connectivity index (χ1v) is 5.76. The normalized spacial score (nSPS) is 11.0. The second-order valence-electron chi connectivity index (χ2n) is 3.49. The fourth-order valence-electron chi connectivity index (χ4n) is 1.61. The highest BCUT2D eigenvalue weighted by atomic mass is 79.9. The Labute approximate surface area is 92.2 Å². The number of furan rings is 1. The summed E-state index contributed by atoms with van der Waals surface area (Å²) in [6, 6.07) is 6.27. The van der Waals surface area contributed by atoms with Crippen molar-refractivity contribution in [3.8, 4) is 0 Å². The Hall–Kier alpha value is -0.760. The third-order valence-electron chi connectivity index (χ3n) is 2.40. The van der Waals surface area contributed by atoms with Crippen LogP contribution in [0.15, 0.2) is 33.4 Å². The van der Waals surface area contributed by atoms with Crippen LogP contribution in [0.3, 0.4) is 0 Å². The highest BCUT2D eigenvalue weighted by molar-refractivity contribution is 9.10. The second kappa shape index (κ2) is 4.18. The van der Waals surface area contributed by atoms with E-state index in [1.54, 1.807) is 0 Å². The van der Waals surface area contributed by atoms with Crippen LogP contribution in [0.4, 0.5) is 0 Å². The van der Waals surface area contributed by atoms with Gasteiger partial charge in [0.1, 0.15) is 5.76 Å². The Kier molecular flexibility index (Phi) is 2.92. The molecule has 0 atom stereocenters. The van der Waals surface area contributed by atoms with Gasteiger partial charge in [0, 0.05) is 21.7 Å². The van der Waals surface area contributed by atoms with Crippen molar-refractivity contribution in [2.24, 2.45) is 0 Å². The lowest BCUT2D eigenvalue weighted by Crippen LogP contribution is -1.81. The highest BCUT2D eigenvalue weighted by Gasteiger charge is 2.05. The third-order valence-corrected chi connectivity index (χ3v) is 2.89. The first kappa shape index (κ1) is 9.78. The minimum absolute atomic E-state index is 1.04. The van der Waals surface area contributed by atoms with Crippen LogP contribution in [-0.2, 0) is 6.42 Å². The van der Waals surface area contributed by atoms with Crippen LogP contribution in [0, 0.1) is 0 Å². The van der Waals surface area contributed by atoms with E-state index in [0.717, 1.165) is 16.7 Å². The molecular formula is C12H13BrO. The van der Waals surface area contributed by atoms with Gasteiger partial charge in [-0.05, 0) is 24.6 Å². The van der Waals surface area contributed by atoms with E-state index in [1.807, 2.05) is 6.26 Å². The zero-order chi connectivity index (χ0) is 9.97. The molecule has 0 N–H and O–H groups in total. The van der Waals surface area contributed by atoms with Gasteiger partial charge < -0.3 is 4.42 Å². The second-order valence-corrected chi connectivity index (χ2v) is 4.41. The Morgan fingerprint density at radius 3 is 3.00 bits per heavy atom. The van der Waals surface area contributed by atoms with Crippen molar-refractivity contribution in [1.29, 1.82) is 0 Å². The molecule has 14 heavy (non-hydrogen) atoms. The molecule has 1 aromatic heterocycles. The van der Waals surface area contributed by atoms with Gasteiger partial charge >= 0.3 is 0 Å². The molecule has 2 rings (SSSR count). The maximum atomic E-state index is 5.55. The van der Waals surface area contributed by atoms with Crippen molar-refractivity contribution in [2.75, 3.05) is 0 Å². The topological polar surface area (TPSA) is 13.1 Å². The largest absolute Gasteiger partial charge is 0.468 e. The average Bonchev–Trinajstić information content (AvgIpc) is 2.57. The van der Waals surface area contributed by atoms with Gasteiger partial charge in [0.2, 0.25) is 0 Å². The SMILES string of the molecule is CCCCc1occ2cc(Br)ccc12. The summed E-state index contributed by atoms with van der Waals surface area (Å²) in [5.41, 5.74) is 0. The Morgan fingerprint density at radius 2 is 2.21 bits per heavy atom. The summed E-state index contributed by atoms with van der Waals surface area (Å²) in [6.45, 7) is 2.20. The molecule has 74 valence electrons. The standard InChI is InChI=1S/C12H13BrO/c1-2-3-4-12-11-6-5-10(13)7-9(11)8-14-12/h5-8H,2-4H2,1H3. The van der Waals surface area contributed by atoms with Crippen LogP contribution in [-0.4, -0.2) is 0 Å². The van der Waals surface area contributed by atoms with Crippen molar-refractivity contribution in [1.82, 2.24) is 0 Å². The number of unbranched alkanes of at least 4 members (excludes halogenated alkanes) is 1. The molecule has 1 aromatic carbocycles. The summed E-state index contributed by atoms with van der Waals surface area (Å²) in [7, 11) is 0. The molecule has 1 nitrogen and oxygen atoms in total. The summed E-state index contributed by atoms with van der Waals surface area (Å²) in [6.07, 6.45) is 5.28. The molecular weight excluding hydrogens is 240 g/mol. The summed E-state index contributed by atoms with van der Waals surface area (Å²) < 4.78 is 6.66. The summed E-state index contributed by atoms with van der Waals surface area (Å²) in [4.78, 5) is 0. The van der Waals surface area contributed by atoms with Crippen molar-refractivity contribution >= 4 is 26.7 Å². The van der Waals surface area contributed by atoms with E-state index in [1.165, 1.54) is 23.6 Å². The maximum Gasteiger partial charge on any atom is 0.111 e. The minimum Gasteiger partial charge on any atom is -0.468 e. The van der Waals surface area contributed by atoms with Crippen LogP contribution in [0.5, 0.6) is 0 Å². The van der Waals surface area contributed by atoms with Gasteiger partial charge in [0.15, 0.2) is 0 Å². The predicted octanol–water partition coefficient (Wildman–Crippen LogP) is 4.54. The number of hydrogen-bond donors (Lipinski definition) is 0. The molecule has 0 radical (unpaired) electrons.